The lowest BCUT2D eigenvalue weighted by Gasteiger charge is -2.31. The third-order valence-corrected chi connectivity index (χ3v) is 5.71. The molecule has 30 heavy (non-hydrogen) atoms. The van der Waals surface area contributed by atoms with E-state index in [0.29, 0.717) is 36.5 Å². The van der Waals surface area contributed by atoms with E-state index in [1.165, 1.54) is 24.3 Å². The summed E-state index contributed by atoms with van der Waals surface area (Å²) in [5.41, 5.74) is 5.16. The molecular weight excluding hydrogens is 387 g/mol. The van der Waals surface area contributed by atoms with Gasteiger partial charge < -0.3 is 14.2 Å². The van der Waals surface area contributed by atoms with Crippen LogP contribution in [0.15, 0.2) is 33.8 Å². The van der Waals surface area contributed by atoms with Crippen LogP contribution in [0.1, 0.15) is 50.6 Å². The Morgan fingerprint density at radius 3 is 2.50 bits per heavy atom. The number of hydrogen-bond donors (Lipinski definition) is 1. The zero-order chi connectivity index (χ0) is 21.3. The normalized spacial score (nSPS) is 18.4. The van der Waals surface area contributed by atoms with E-state index in [4.69, 9.17) is 4.42 Å². The molecule has 158 valence electrons. The maximum Gasteiger partial charge on any atom is 0.289 e. The molecule has 4 rings (SSSR count). The molecule has 2 heterocycles. The highest BCUT2D eigenvalue weighted by Gasteiger charge is 2.31. The zero-order valence-corrected chi connectivity index (χ0v) is 17.2. The van der Waals surface area contributed by atoms with Crippen LogP contribution in [-0.4, -0.2) is 60.6 Å². The van der Waals surface area contributed by atoms with Crippen molar-refractivity contribution in [3.05, 3.63) is 58.3 Å². The Hall–Kier alpha value is -3.00. The summed E-state index contributed by atoms with van der Waals surface area (Å²) in [7, 11) is 2.04. The Morgan fingerprint density at radius 1 is 1.10 bits per heavy atom. The highest BCUT2D eigenvalue weighted by atomic mass is 19.1. The first kappa shape index (κ1) is 20.3. The predicted molar refractivity (Wildman–Crippen MR) is 110 cm³/mol. The third-order valence-electron chi connectivity index (χ3n) is 5.71. The van der Waals surface area contributed by atoms with Crippen molar-refractivity contribution < 1.29 is 18.4 Å². The van der Waals surface area contributed by atoms with E-state index in [9.17, 15) is 14.0 Å². The molecule has 0 unspecified atom stereocenters. The second-order valence-corrected chi connectivity index (χ2v) is 7.81. The summed E-state index contributed by atoms with van der Waals surface area (Å²) in [4.78, 5) is 29.3. The van der Waals surface area contributed by atoms with Gasteiger partial charge in [-0.25, -0.2) is 9.82 Å². The van der Waals surface area contributed by atoms with Crippen molar-refractivity contribution in [2.75, 3.05) is 33.2 Å². The third kappa shape index (κ3) is 4.00. The number of hydrazone groups is 1. The number of hydrogen-bond acceptors (Lipinski definition) is 5. The number of nitrogens with zero attached hydrogens (tertiary/aromatic N) is 3. The van der Waals surface area contributed by atoms with E-state index in [1.807, 2.05) is 18.9 Å². The summed E-state index contributed by atoms with van der Waals surface area (Å²) >= 11 is 0. The van der Waals surface area contributed by atoms with Gasteiger partial charge in [0.2, 0.25) is 0 Å². The highest BCUT2D eigenvalue weighted by molar-refractivity contribution is 6.07. The summed E-state index contributed by atoms with van der Waals surface area (Å²) < 4.78 is 19.0. The van der Waals surface area contributed by atoms with Gasteiger partial charge in [-0.05, 0) is 51.1 Å². The molecule has 0 saturated carbocycles. The minimum absolute atomic E-state index is 0.0929. The first-order valence-electron chi connectivity index (χ1n) is 10.2. The lowest BCUT2D eigenvalue weighted by molar-refractivity contribution is 0.0629. The van der Waals surface area contributed by atoms with Gasteiger partial charge >= 0.3 is 0 Å². The summed E-state index contributed by atoms with van der Waals surface area (Å²) in [5, 5.41) is 4.31. The number of carbonyl (C=O) groups is 2. The molecule has 1 saturated heterocycles. The Balaban J connectivity index is 1.55. The fourth-order valence-corrected chi connectivity index (χ4v) is 3.92. The molecule has 1 aromatic heterocycles. The van der Waals surface area contributed by atoms with Gasteiger partial charge in [-0.3, -0.25) is 9.59 Å². The lowest BCUT2D eigenvalue weighted by Crippen LogP contribution is -2.47. The number of carbonyl (C=O) groups excluding carboxylic acids is 2. The topological polar surface area (TPSA) is 78.2 Å². The molecule has 2 aromatic rings. The van der Waals surface area contributed by atoms with Crippen LogP contribution in [0.5, 0.6) is 0 Å². The first-order chi connectivity index (χ1) is 14.4. The number of rotatable bonds is 3. The van der Waals surface area contributed by atoms with Crippen LogP contribution >= 0.6 is 0 Å². The monoisotopic (exact) mass is 412 g/mol. The van der Waals surface area contributed by atoms with Crippen LogP contribution in [0.25, 0.3) is 0 Å². The molecule has 0 spiro atoms. The van der Waals surface area contributed by atoms with Gasteiger partial charge in [-0.2, -0.15) is 5.10 Å². The highest BCUT2D eigenvalue weighted by Crippen LogP contribution is 2.30. The van der Waals surface area contributed by atoms with E-state index in [0.717, 1.165) is 42.8 Å². The van der Waals surface area contributed by atoms with E-state index >= 15 is 0 Å². The van der Waals surface area contributed by atoms with Gasteiger partial charge in [0.25, 0.3) is 11.8 Å². The van der Waals surface area contributed by atoms with Crippen LogP contribution in [-0.2, 0) is 6.42 Å². The van der Waals surface area contributed by atoms with Gasteiger partial charge in [-0.1, -0.05) is 0 Å². The Bertz CT molecular complexity index is 989. The fourth-order valence-electron chi connectivity index (χ4n) is 3.92. The largest absolute Gasteiger partial charge is 0.455 e. The summed E-state index contributed by atoms with van der Waals surface area (Å²) in [6.45, 7) is 4.90. The van der Waals surface area contributed by atoms with Crippen molar-refractivity contribution in [3.8, 4) is 0 Å². The number of amides is 2. The standard InChI is InChI=1S/C22H25FN4O3/c1-14-19-17(24-25-21(28)15-6-8-16(23)9-7-15)4-3-5-18(19)30-20(14)22(29)27-12-10-26(2)11-13-27/h6-9H,3-5,10-13H2,1-2H3,(H,25,28)/b24-17+. The van der Waals surface area contributed by atoms with Gasteiger partial charge in [-0.15, -0.1) is 0 Å². The first-order valence-corrected chi connectivity index (χ1v) is 10.2. The molecule has 7 nitrogen and oxygen atoms in total. The number of likely N-dealkylation sites (N-methyl/N-ethyl adjacent to an activating group) is 1. The van der Waals surface area contributed by atoms with Crippen molar-refractivity contribution in [1.82, 2.24) is 15.2 Å². The van der Waals surface area contributed by atoms with Crippen LogP contribution in [0.2, 0.25) is 0 Å². The fraction of sp³-hybridized carbons (Fsp3) is 0.409. The average molecular weight is 412 g/mol. The number of fused-ring (bicyclic) bond motifs is 1. The lowest BCUT2D eigenvalue weighted by atomic mass is 9.93. The van der Waals surface area contributed by atoms with Gasteiger partial charge in [0.1, 0.15) is 11.6 Å². The molecule has 0 bridgehead atoms. The minimum atomic E-state index is -0.412. The maximum absolute atomic E-state index is 13.1. The molecule has 0 atom stereocenters. The van der Waals surface area contributed by atoms with Crippen molar-refractivity contribution >= 4 is 17.5 Å². The van der Waals surface area contributed by atoms with E-state index < -0.39 is 11.7 Å². The van der Waals surface area contributed by atoms with Crippen LogP contribution in [0.3, 0.4) is 0 Å². The van der Waals surface area contributed by atoms with Gasteiger partial charge in [0, 0.05) is 49.3 Å². The number of aryl methyl sites for hydroxylation is 1. The summed E-state index contributed by atoms with van der Waals surface area (Å²) in [6, 6.07) is 5.29. The second kappa shape index (κ2) is 8.39. The molecular formula is C22H25FN4O3. The Kier molecular flexibility index (Phi) is 5.67. The second-order valence-electron chi connectivity index (χ2n) is 7.81. The molecule has 1 fully saturated rings. The van der Waals surface area contributed by atoms with Gasteiger partial charge in [0.05, 0.1) is 5.71 Å². The molecule has 0 radical (unpaired) electrons. The molecule has 8 heteroatoms. The smallest absolute Gasteiger partial charge is 0.289 e. The molecule has 1 aromatic carbocycles. The average Bonchev–Trinajstić information content (AvgIpc) is 3.09. The number of piperazine rings is 1. The number of nitrogens with one attached hydrogen (secondary N) is 1. The van der Waals surface area contributed by atoms with E-state index in [2.05, 4.69) is 15.4 Å². The maximum atomic E-state index is 13.1. The zero-order valence-electron chi connectivity index (χ0n) is 17.2. The van der Waals surface area contributed by atoms with Crippen molar-refractivity contribution in [2.45, 2.75) is 26.2 Å². The van der Waals surface area contributed by atoms with Crippen molar-refractivity contribution in [1.29, 1.82) is 0 Å². The number of halogens is 1. The van der Waals surface area contributed by atoms with Crippen LogP contribution in [0.4, 0.5) is 4.39 Å². The molecule has 2 amide bonds. The minimum Gasteiger partial charge on any atom is -0.455 e. The SMILES string of the molecule is Cc1c(C(=O)N2CCN(C)CC2)oc2c1/C(=N/NC(=O)c1ccc(F)cc1)CCC2. The predicted octanol–water partition coefficient (Wildman–Crippen LogP) is 2.59. The van der Waals surface area contributed by atoms with Crippen molar-refractivity contribution in [2.24, 2.45) is 5.10 Å². The van der Waals surface area contributed by atoms with Crippen LogP contribution in [0, 0.1) is 12.7 Å². The van der Waals surface area contributed by atoms with Crippen LogP contribution < -0.4 is 5.43 Å². The number of benzene rings is 1. The van der Waals surface area contributed by atoms with E-state index in [-0.39, 0.29) is 5.91 Å². The molecule has 1 aliphatic carbocycles. The molecule has 2 aliphatic rings. The quantitative estimate of drug-likeness (QED) is 0.786. The summed E-state index contributed by atoms with van der Waals surface area (Å²) in [6.07, 6.45) is 2.24. The molecule has 1 aliphatic heterocycles. The molecule has 1 N–H and O–H groups in total. The Labute approximate surface area is 174 Å². The summed E-state index contributed by atoms with van der Waals surface area (Å²) in [5.74, 6) is 0.200. The number of furan rings is 1. The van der Waals surface area contributed by atoms with E-state index in [1.54, 1.807) is 0 Å². The van der Waals surface area contributed by atoms with Crippen molar-refractivity contribution in [3.63, 3.8) is 0 Å². The Morgan fingerprint density at radius 2 is 1.80 bits per heavy atom. The van der Waals surface area contributed by atoms with Gasteiger partial charge in [0.15, 0.2) is 5.76 Å².